The molecule has 3 N–H and O–H groups in total. The number of hydrogen-bond acceptors (Lipinski definition) is 5. The van der Waals surface area contributed by atoms with Crippen LogP contribution in [-0.2, 0) is 0 Å². The van der Waals surface area contributed by atoms with Crippen LogP contribution in [0.2, 0.25) is 0 Å². The molecular formula is C27H31FN4O4. The Morgan fingerprint density at radius 3 is 2.00 bits per heavy atom. The Kier molecular flexibility index (Phi) is 9.64. The van der Waals surface area contributed by atoms with Crippen molar-refractivity contribution in [1.82, 2.24) is 10.2 Å². The smallest absolute Gasteiger partial charge is 0.323 e. The Bertz CT molecular complexity index is 1150. The Morgan fingerprint density at radius 1 is 0.861 bits per heavy atom. The van der Waals surface area contributed by atoms with Gasteiger partial charge >= 0.3 is 6.03 Å². The third kappa shape index (κ3) is 7.71. The molecule has 3 rings (SSSR count). The number of ether oxygens (including phenoxy) is 2. The van der Waals surface area contributed by atoms with Gasteiger partial charge in [-0.1, -0.05) is 13.8 Å². The maximum Gasteiger partial charge on any atom is 0.323 e. The van der Waals surface area contributed by atoms with Crippen molar-refractivity contribution in [2.75, 3.05) is 43.9 Å². The molecule has 0 aliphatic rings. The van der Waals surface area contributed by atoms with E-state index in [0.717, 1.165) is 19.6 Å². The number of halogens is 1. The summed E-state index contributed by atoms with van der Waals surface area (Å²) in [5.41, 5.74) is 1.62. The zero-order chi connectivity index (χ0) is 25.9. The van der Waals surface area contributed by atoms with Gasteiger partial charge in [-0.25, -0.2) is 9.18 Å². The van der Waals surface area contributed by atoms with E-state index in [4.69, 9.17) is 9.47 Å². The van der Waals surface area contributed by atoms with E-state index in [2.05, 4.69) is 34.7 Å². The van der Waals surface area contributed by atoms with Crippen LogP contribution >= 0.6 is 0 Å². The molecule has 0 unspecified atom stereocenters. The summed E-state index contributed by atoms with van der Waals surface area (Å²) in [7, 11) is 1.39. The van der Waals surface area contributed by atoms with Crippen LogP contribution in [0.15, 0.2) is 66.7 Å². The first-order chi connectivity index (χ1) is 17.4. The Labute approximate surface area is 210 Å². The minimum atomic E-state index is -0.520. The highest BCUT2D eigenvalue weighted by Gasteiger charge is 2.09. The van der Waals surface area contributed by atoms with Gasteiger partial charge in [-0.05, 0) is 73.8 Å². The zero-order valence-electron chi connectivity index (χ0n) is 20.6. The van der Waals surface area contributed by atoms with Crippen molar-refractivity contribution >= 4 is 23.3 Å². The first kappa shape index (κ1) is 26.5. The van der Waals surface area contributed by atoms with E-state index in [-0.39, 0.29) is 11.7 Å². The van der Waals surface area contributed by atoms with Crippen LogP contribution in [0, 0.1) is 5.82 Å². The Morgan fingerprint density at radius 2 is 1.44 bits per heavy atom. The quantitative estimate of drug-likeness (QED) is 0.335. The van der Waals surface area contributed by atoms with Crippen LogP contribution in [0.25, 0.3) is 0 Å². The van der Waals surface area contributed by atoms with Gasteiger partial charge in [0.2, 0.25) is 0 Å². The lowest BCUT2D eigenvalue weighted by Crippen LogP contribution is -2.34. The number of nitrogens with one attached hydrogen (secondary N) is 3. The number of methoxy groups -OCH3 is 1. The number of carbonyl (C=O) groups is 2. The van der Waals surface area contributed by atoms with Gasteiger partial charge in [0.25, 0.3) is 5.91 Å². The monoisotopic (exact) mass is 494 g/mol. The molecule has 3 aromatic carbocycles. The van der Waals surface area contributed by atoms with Crippen molar-refractivity contribution in [2.24, 2.45) is 0 Å². The number of likely N-dealkylation sites (N-methyl/N-ethyl adjacent to an activating group) is 1. The van der Waals surface area contributed by atoms with Gasteiger partial charge in [-0.15, -0.1) is 0 Å². The number of nitrogens with zero attached hydrogens (tertiary/aromatic N) is 1. The molecule has 0 radical (unpaired) electrons. The van der Waals surface area contributed by atoms with Gasteiger partial charge in [0.05, 0.1) is 7.11 Å². The van der Waals surface area contributed by atoms with E-state index in [1.807, 2.05) is 0 Å². The molecule has 0 aromatic heterocycles. The lowest BCUT2D eigenvalue weighted by Gasteiger charge is -2.18. The molecule has 0 atom stereocenters. The number of anilines is 2. The molecule has 0 saturated heterocycles. The molecule has 0 spiro atoms. The second-order valence-electron chi connectivity index (χ2n) is 7.86. The van der Waals surface area contributed by atoms with Gasteiger partial charge in [-0.3, -0.25) is 4.79 Å². The lowest BCUT2D eigenvalue weighted by atomic mass is 10.2. The van der Waals surface area contributed by atoms with Crippen LogP contribution in [0.4, 0.5) is 20.6 Å². The molecule has 0 saturated carbocycles. The van der Waals surface area contributed by atoms with Crippen molar-refractivity contribution in [3.8, 4) is 17.2 Å². The summed E-state index contributed by atoms with van der Waals surface area (Å²) in [5, 5.41) is 8.36. The number of carbonyl (C=O) groups excluding carboxylic acids is 2. The van der Waals surface area contributed by atoms with Gasteiger partial charge in [0.1, 0.15) is 11.5 Å². The molecule has 36 heavy (non-hydrogen) atoms. The largest absolute Gasteiger partial charge is 0.494 e. The van der Waals surface area contributed by atoms with Gasteiger partial charge in [0, 0.05) is 36.1 Å². The molecule has 3 amide bonds. The summed E-state index contributed by atoms with van der Waals surface area (Å²) in [6, 6.07) is 17.2. The third-order valence-electron chi connectivity index (χ3n) is 5.48. The van der Waals surface area contributed by atoms with Crippen LogP contribution in [-0.4, -0.2) is 50.1 Å². The second-order valence-corrected chi connectivity index (χ2v) is 7.86. The average Bonchev–Trinajstić information content (AvgIpc) is 2.88. The fourth-order valence-corrected chi connectivity index (χ4v) is 3.42. The minimum Gasteiger partial charge on any atom is -0.494 e. The Hall–Kier alpha value is -4.11. The molecule has 0 aliphatic carbocycles. The number of amides is 3. The van der Waals surface area contributed by atoms with Crippen LogP contribution < -0.4 is 25.4 Å². The summed E-state index contributed by atoms with van der Waals surface area (Å²) < 4.78 is 24.3. The molecule has 0 bridgehead atoms. The SMILES string of the molecule is CCN(CC)CCNC(=O)c1ccc(NC(=O)Nc2ccc(Oc3ccc(OC)c(F)c3)cc2)cc1. The van der Waals surface area contributed by atoms with Gasteiger partial charge in [-0.2, -0.15) is 0 Å². The molecule has 9 heteroatoms. The number of rotatable bonds is 11. The fraction of sp³-hybridized carbons (Fsp3) is 0.259. The zero-order valence-corrected chi connectivity index (χ0v) is 20.6. The normalized spacial score (nSPS) is 10.6. The average molecular weight is 495 g/mol. The summed E-state index contributed by atoms with van der Waals surface area (Å²) in [5.74, 6) is 0.271. The van der Waals surface area contributed by atoms with Gasteiger partial charge in [0.15, 0.2) is 11.6 Å². The minimum absolute atomic E-state index is 0.136. The summed E-state index contributed by atoms with van der Waals surface area (Å²) >= 11 is 0. The first-order valence-electron chi connectivity index (χ1n) is 11.7. The summed E-state index contributed by atoms with van der Waals surface area (Å²) in [6.45, 7) is 7.43. The predicted octanol–water partition coefficient (Wildman–Crippen LogP) is 5.34. The van der Waals surface area contributed by atoms with E-state index in [0.29, 0.717) is 35.0 Å². The highest BCUT2D eigenvalue weighted by Crippen LogP contribution is 2.27. The van der Waals surface area contributed by atoms with Gasteiger partial charge < -0.3 is 30.3 Å². The number of hydrogen-bond donors (Lipinski definition) is 3. The highest BCUT2D eigenvalue weighted by atomic mass is 19.1. The number of urea groups is 1. The maximum absolute atomic E-state index is 13.8. The topological polar surface area (TPSA) is 91.9 Å². The first-order valence-corrected chi connectivity index (χ1v) is 11.7. The van der Waals surface area contributed by atoms with E-state index >= 15 is 0 Å². The lowest BCUT2D eigenvalue weighted by molar-refractivity contribution is 0.0949. The van der Waals surface area contributed by atoms with Crippen LogP contribution in [0.5, 0.6) is 17.2 Å². The van der Waals surface area contributed by atoms with Crippen molar-refractivity contribution in [2.45, 2.75) is 13.8 Å². The molecule has 190 valence electrons. The fourth-order valence-electron chi connectivity index (χ4n) is 3.42. The van der Waals surface area contributed by atoms with Crippen molar-refractivity contribution in [3.63, 3.8) is 0 Å². The van der Waals surface area contributed by atoms with Crippen molar-refractivity contribution < 1.29 is 23.5 Å². The van der Waals surface area contributed by atoms with E-state index in [9.17, 15) is 14.0 Å². The second kappa shape index (κ2) is 13.1. The third-order valence-corrected chi connectivity index (χ3v) is 5.48. The highest BCUT2D eigenvalue weighted by molar-refractivity contribution is 6.00. The molecule has 8 nitrogen and oxygen atoms in total. The number of benzene rings is 3. The van der Waals surface area contributed by atoms with E-state index < -0.39 is 11.8 Å². The van der Waals surface area contributed by atoms with E-state index in [1.165, 1.54) is 19.2 Å². The summed E-state index contributed by atoms with van der Waals surface area (Å²) in [6.07, 6.45) is 0. The molecule has 0 aliphatic heterocycles. The van der Waals surface area contributed by atoms with Crippen LogP contribution in [0.3, 0.4) is 0 Å². The molecule has 0 fully saturated rings. The van der Waals surface area contributed by atoms with Crippen molar-refractivity contribution in [3.05, 3.63) is 78.1 Å². The van der Waals surface area contributed by atoms with Crippen LogP contribution in [0.1, 0.15) is 24.2 Å². The molecular weight excluding hydrogens is 463 g/mol. The van der Waals surface area contributed by atoms with E-state index in [1.54, 1.807) is 54.6 Å². The molecule has 0 heterocycles. The summed E-state index contributed by atoms with van der Waals surface area (Å²) in [4.78, 5) is 26.9. The Balaban J connectivity index is 1.47. The molecule has 3 aromatic rings. The maximum atomic E-state index is 13.8. The predicted molar refractivity (Wildman–Crippen MR) is 139 cm³/mol. The standard InChI is InChI=1S/C27H31FN4O4/c1-4-32(5-2)17-16-29-26(33)19-6-8-20(9-7-19)30-27(34)31-21-10-12-22(13-11-21)36-23-14-15-25(35-3)24(28)18-23/h6-15,18H,4-5,16-17H2,1-3H3,(H,29,33)(H2,30,31,34). The van der Waals surface area contributed by atoms with Crippen molar-refractivity contribution in [1.29, 1.82) is 0 Å².